The highest BCUT2D eigenvalue weighted by atomic mass is 35.5. The third-order valence-corrected chi connectivity index (χ3v) is 6.25. The summed E-state index contributed by atoms with van der Waals surface area (Å²) in [5.41, 5.74) is 1.92. The van der Waals surface area contributed by atoms with Gasteiger partial charge in [-0.1, -0.05) is 41.9 Å². The molecule has 32 heavy (non-hydrogen) atoms. The molecule has 3 rings (SSSR count). The van der Waals surface area contributed by atoms with Gasteiger partial charge in [-0.25, -0.2) is 8.42 Å². The van der Waals surface area contributed by atoms with Crippen molar-refractivity contribution in [1.82, 2.24) is 4.90 Å². The summed E-state index contributed by atoms with van der Waals surface area (Å²) in [6.45, 7) is 1.62. The molecular weight excluding hydrogens is 450 g/mol. The molecule has 0 saturated carbocycles. The summed E-state index contributed by atoms with van der Waals surface area (Å²) in [6.07, 6.45) is 0. The molecule has 0 bridgehead atoms. The fourth-order valence-corrected chi connectivity index (χ4v) is 4.26. The van der Waals surface area contributed by atoms with Crippen molar-refractivity contribution < 1.29 is 18.0 Å². The van der Waals surface area contributed by atoms with Gasteiger partial charge in [0.15, 0.2) is 0 Å². The third kappa shape index (κ3) is 5.87. The van der Waals surface area contributed by atoms with E-state index < -0.39 is 21.8 Å². The minimum atomic E-state index is -3.90. The smallest absolute Gasteiger partial charge is 0.261 e. The first-order valence-electron chi connectivity index (χ1n) is 9.65. The van der Waals surface area contributed by atoms with Gasteiger partial charge in [-0.3, -0.25) is 14.3 Å². The Labute approximate surface area is 192 Å². The number of amides is 2. The van der Waals surface area contributed by atoms with Crippen LogP contribution in [0.5, 0.6) is 0 Å². The molecule has 0 aliphatic rings. The summed E-state index contributed by atoms with van der Waals surface area (Å²) < 4.78 is 28.0. The van der Waals surface area contributed by atoms with E-state index in [1.807, 2.05) is 13.0 Å². The zero-order valence-electron chi connectivity index (χ0n) is 17.5. The molecular formula is C23H22ClN3O4S. The van der Waals surface area contributed by atoms with Crippen molar-refractivity contribution in [2.75, 3.05) is 23.6 Å². The predicted molar refractivity (Wildman–Crippen MR) is 125 cm³/mol. The lowest BCUT2D eigenvalue weighted by Crippen LogP contribution is -2.35. The van der Waals surface area contributed by atoms with Crippen LogP contribution in [0.1, 0.15) is 15.9 Å². The number of anilines is 2. The number of para-hydroxylation sites is 1. The summed E-state index contributed by atoms with van der Waals surface area (Å²) in [5.74, 6) is -0.925. The number of nitrogens with zero attached hydrogens (tertiary/aromatic N) is 1. The summed E-state index contributed by atoms with van der Waals surface area (Å²) in [7, 11) is -2.44. The quantitative estimate of drug-likeness (QED) is 0.540. The second-order valence-corrected chi connectivity index (χ2v) is 9.28. The fraction of sp³-hybridized carbons (Fsp3) is 0.130. The minimum Gasteiger partial charge on any atom is -0.332 e. The first-order valence-corrected chi connectivity index (χ1v) is 11.5. The van der Waals surface area contributed by atoms with Gasteiger partial charge in [0.05, 0.1) is 22.2 Å². The summed E-state index contributed by atoms with van der Waals surface area (Å²) in [5, 5.41) is 3.03. The monoisotopic (exact) mass is 471 g/mol. The van der Waals surface area contributed by atoms with Crippen molar-refractivity contribution in [3.05, 3.63) is 88.9 Å². The molecule has 3 aromatic rings. The molecule has 166 valence electrons. The van der Waals surface area contributed by atoms with Crippen molar-refractivity contribution in [1.29, 1.82) is 0 Å². The van der Waals surface area contributed by atoms with Crippen molar-refractivity contribution in [2.24, 2.45) is 0 Å². The number of halogens is 1. The van der Waals surface area contributed by atoms with Gasteiger partial charge in [-0.05, 0) is 55.0 Å². The van der Waals surface area contributed by atoms with Gasteiger partial charge >= 0.3 is 0 Å². The molecule has 2 N–H and O–H groups in total. The zero-order chi connectivity index (χ0) is 23.3. The highest BCUT2D eigenvalue weighted by Crippen LogP contribution is 2.21. The van der Waals surface area contributed by atoms with Gasteiger partial charge in [-0.2, -0.15) is 0 Å². The minimum absolute atomic E-state index is 0.0567. The van der Waals surface area contributed by atoms with Gasteiger partial charge in [0.1, 0.15) is 0 Å². The van der Waals surface area contributed by atoms with E-state index in [-0.39, 0.29) is 17.0 Å². The van der Waals surface area contributed by atoms with Crippen LogP contribution in [0.4, 0.5) is 11.4 Å². The maximum atomic E-state index is 12.8. The van der Waals surface area contributed by atoms with Crippen LogP contribution in [-0.4, -0.2) is 38.7 Å². The number of nitrogens with one attached hydrogen (secondary N) is 2. The van der Waals surface area contributed by atoms with Crippen LogP contribution < -0.4 is 10.0 Å². The lowest BCUT2D eigenvalue weighted by molar-refractivity contribution is -0.116. The highest BCUT2D eigenvalue weighted by Gasteiger charge is 2.20. The van der Waals surface area contributed by atoms with E-state index in [0.29, 0.717) is 16.4 Å². The number of carbonyl (C=O) groups is 2. The van der Waals surface area contributed by atoms with Crippen LogP contribution >= 0.6 is 11.6 Å². The maximum Gasteiger partial charge on any atom is 0.261 e. The molecule has 0 saturated heterocycles. The zero-order valence-corrected chi connectivity index (χ0v) is 19.1. The molecule has 0 fully saturated rings. The lowest BCUT2D eigenvalue weighted by atomic mass is 10.2. The Hall–Kier alpha value is -3.36. The molecule has 0 aliphatic heterocycles. The number of sulfonamides is 1. The summed E-state index contributed by atoms with van der Waals surface area (Å²) in [6, 6.07) is 19.4. The standard InChI is InChI=1S/C23H22ClN3O4S/c1-16-7-5-9-18(13-16)26-32(30,31)19-10-6-8-17(14-19)23(29)27(2)15-22(28)25-21-12-4-3-11-20(21)24/h3-14,26H,15H2,1-2H3,(H,25,28). The van der Waals surface area contributed by atoms with Crippen LogP contribution in [0.15, 0.2) is 77.7 Å². The Morgan fingerprint density at radius 3 is 2.41 bits per heavy atom. The van der Waals surface area contributed by atoms with E-state index in [0.717, 1.165) is 5.56 Å². The number of likely N-dealkylation sites (N-methyl/N-ethyl adjacent to an activating group) is 1. The van der Waals surface area contributed by atoms with E-state index in [9.17, 15) is 18.0 Å². The lowest BCUT2D eigenvalue weighted by Gasteiger charge is -2.18. The number of carbonyl (C=O) groups excluding carboxylic acids is 2. The van der Waals surface area contributed by atoms with Crippen molar-refractivity contribution in [2.45, 2.75) is 11.8 Å². The van der Waals surface area contributed by atoms with Gasteiger partial charge in [0, 0.05) is 18.3 Å². The molecule has 0 aliphatic carbocycles. The molecule has 3 aromatic carbocycles. The molecule has 0 unspecified atom stereocenters. The normalized spacial score (nSPS) is 11.0. The van der Waals surface area contributed by atoms with Gasteiger partial charge in [0.2, 0.25) is 5.91 Å². The number of benzene rings is 3. The maximum absolute atomic E-state index is 12.8. The predicted octanol–water partition coefficient (Wildman–Crippen LogP) is 4.16. The Morgan fingerprint density at radius 2 is 1.69 bits per heavy atom. The first kappa shape index (κ1) is 23.3. The SMILES string of the molecule is Cc1cccc(NS(=O)(=O)c2cccc(C(=O)N(C)CC(=O)Nc3ccccc3Cl)c2)c1. The summed E-state index contributed by atoms with van der Waals surface area (Å²) in [4.78, 5) is 26.2. The number of rotatable bonds is 7. The molecule has 2 amide bonds. The molecule has 0 atom stereocenters. The van der Waals surface area contributed by atoms with Crippen molar-refractivity contribution in [3.8, 4) is 0 Å². The van der Waals surface area contributed by atoms with Crippen LogP contribution in [0.25, 0.3) is 0 Å². The molecule has 0 heterocycles. The van der Waals surface area contributed by atoms with Gasteiger partial charge in [-0.15, -0.1) is 0 Å². The Balaban J connectivity index is 1.71. The van der Waals surface area contributed by atoms with E-state index in [1.54, 1.807) is 42.5 Å². The van der Waals surface area contributed by atoms with Crippen LogP contribution in [0, 0.1) is 6.92 Å². The Bertz CT molecular complexity index is 1260. The van der Waals surface area contributed by atoms with Crippen LogP contribution in [-0.2, 0) is 14.8 Å². The van der Waals surface area contributed by atoms with E-state index in [2.05, 4.69) is 10.0 Å². The van der Waals surface area contributed by atoms with E-state index >= 15 is 0 Å². The van der Waals surface area contributed by atoms with Crippen LogP contribution in [0.2, 0.25) is 5.02 Å². The molecule has 7 nitrogen and oxygen atoms in total. The highest BCUT2D eigenvalue weighted by molar-refractivity contribution is 7.92. The van der Waals surface area contributed by atoms with E-state index in [4.69, 9.17) is 11.6 Å². The average molecular weight is 472 g/mol. The van der Waals surface area contributed by atoms with Crippen LogP contribution in [0.3, 0.4) is 0 Å². The van der Waals surface area contributed by atoms with Gasteiger partial charge < -0.3 is 10.2 Å². The molecule has 0 aromatic heterocycles. The fourth-order valence-electron chi connectivity index (χ4n) is 2.98. The Kier molecular flexibility index (Phi) is 7.17. The second kappa shape index (κ2) is 9.84. The average Bonchev–Trinajstić information content (AvgIpc) is 2.74. The topological polar surface area (TPSA) is 95.6 Å². The second-order valence-electron chi connectivity index (χ2n) is 7.19. The number of hydrogen-bond acceptors (Lipinski definition) is 4. The third-order valence-electron chi connectivity index (χ3n) is 4.54. The van der Waals surface area contributed by atoms with Crippen molar-refractivity contribution in [3.63, 3.8) is 0 Å². The molecule has 0 spiro atoms. The van der Waals surface area contributed by atoms with Gasteiger partial charge in [0.25, 0.3) is 15.9 Å². The number of aryl methyl sites for hydroxylation is 1. The Morgan fingerprint density at radius 1 is 0.969 bits per heavy atom. The molecule has 0 radical (unpaired) electrons. The number of hydrogen-bond donors (Lipinski definition) is 2. The molecule has 9 heteroatoms. The van der Waals surface area contributed by atoms with Crippen molar-refractivity contribution >= 4 is 44.8 Å². The van der Waals surface area contributed by atoms with E-state index in [1.165, 1.54) is 36.2 Å². The largest absolute Gasteiger partial charge is 0.332 e. The summed E-state index contributed by atoms with van der Waals surface area (Å²) >= 11 is 6.03. The first-order chi connectivity index (χ1) is 15.2.